The van der Waals surface area contributed by atoms with Gasteiger partial charge in [0.25, 0.3) is 0 Å². The van der Waals surface area contributed by atoms with E-state index < -0.39 is 18.6 Å². The van der Waals surface area contributed by atoms with Gasteiger partial charge in [-0.3, -0.25) is 4.79 Å². The van der Waals surface area contributed by atoms with E-state index in [4.69, 9.17) is 33.0 Å². The summed E-state index contributed by atoms with van der Waals surface area (Å²) in [5.41, 5.74) is 3.93. The fourth-order valence-electron chi connectivity index (χ4n) is 4.45. The number of aryl methyl sites for hydroxylation is 1. The average Bonchev–Trinajstić information content (AvgIpc) is 2.82. The van der Waals surface area contributed by atoms with E-state index in [1.807, 2.05) is 47.4 Å². The van der Waals surface area contributed by atoms with E-state index in [1.54, 1.807) is 18.2 Å². The summed E-state index contributed by atoms with van der Waals surface area (Å²) in [6.07, 6.45) is 2.59. The van der Waals surface area contributed by atoms with Crippen LogP contribution in [0.1, 0.15) is 41.1 Å². The maximum absolute atomic E-state index is 13.4. The van der Waals surface area contributed by atoms with Gasteiger partial charge in [-0.1, -0.05) is 59.6 Å². The van der Waals surface area contributed by atoms with Gasteiger partial charge in [-0.25, -0.2) is 4.79 Å². The quantitative estimate of drug-likeness (QED) is 0.417. The highest BCUT2D eigenvalue weighted by molar-refractivity contribution is 6.31. The number of ether oxygens (including phenoxy) is 1. The third kappa shape index (κ3) is 5.72. The van der Waals surface area contributed by atoms with Gasteiger partial charge in [0.05, 0.1) is 6.04 Å². The number of aliphatic carboxylic acids is 1. The summed E-state index contributed by atoms with van der Waals surface area (Å²) in [4.78, 5) is 26.4. The van der Waals surface area contributed by atoms with Crippen LogP contribution in [0.25, 0.3) is 0 Å². The van der Waals surface area contributed by atoms with Crippen LogP contribution in [0, 0.1) is 0 Å². The summed E-state index contributed by atoms with van der Waals surface area (Å²) >= 11 is 12.4. The van der Waals surface area contributed by atoms with Crippen LogP contribution in [-0.2, 0) is 22.4 Å². The van der Waals surface area contributed by atoms with Gasteiger partial charge in [-0.15, -0.1) is 0 Å². The number of hydrogen-bond donors (Lipinski definition) is 1. The van der Waals surface area contributed by atoms with Crippen molar-refractivity contribution in [1.82, 2.24) is 4.90 Å². The molecule has 0 spiro atoms. The lowest BCUT2D eigenvalue weighted by Crippen LogP contribution is -2.40. The van der Waals surface area contributed by atoms with Crippen molar-refractivity contribution in [2.45, 2.75) is 31.7 Å². The molecule has 0 aliphatic carbocycles. The zero-order valence-electron chi connectivity index (χ0n) is 18.5. The van der Waals surface area contributed by atoms with Crippen LogP contribution >= 0.6 is 23.2 Å². The summed E-state index contributed by atoms with van der Waals surface area (Å²) in [5, 5.41) is 10.3. The van der Waals surface area contributed by atoms with E-state index in [-0.39, 0.29) is 5.91 Å². The molecule has 1 atom stereocenters. The van der Waals surface area contributed by atoms with Gasteiger partial charge in [0.2, 0.25) is 5.91 Å². The molecule has 1 aliphatic rings. The molecule has 1 unspecified atom stereocenters. The molecule has 176 valence electrons. The first-order chi connectivity index (χ1) is 16.4. The summed E-state index contributed by atoms with van der Waals surface area (Å²) < 4.78 is 5.59. The second-order valence-corrected chi connectivity index (χ2v) is 9.16. The Balaban J connectivity index is 1.62. The van der Waals surface area contributed by atoms with Crippen molar-refractivity contribution in [3.63, 3.8) is 0 Å². The van der Waals surface area contributed by atoms with Crippen LogP contribution in [0.2, 0.25) is 10.0 Å². The summed E-state index contributed by atoms with van der Waals surface area (Å²) in [5.74, 6) is -0.630. The molecule has 1 heterocycles. The highest BCUT2D eigenvalue weighted by Crippen LogP contribution is 2.40. The number of carbonyl (C=O) groups is 2. The van der Waals surface area contributed by atoms with E-state index in [9.17, 15) is 9.59 Å². The number of benzene rings is 3. The predicted octanol–water partition coefficient (Wildman–Crippen LogP) is 5.95. The molecule has 0 saturated carbocycles. The Hall–Kier alpha value is -3.02. The second-order valence-electron chi connectivity index (χ2n) is 8.29. The number of carbonyl (C=O) groups excluding carboxylic acids is 1. The fraction of sp³-hybridized carbons (Fsp3) is 0.259. The van der Waals surface area contributed by atoms with Gasteiger partial charge in [0.1, 0.15) is 5.75 Å². The standard InChI is InChI=1S/C27H25Cl2NO4/c28-20-8-3-5-18(15-20)6-4-10-25(31)30-14-13-19-7-1-2-9-22(19)27(30)23-16-21(29)11-12-24(23)34-17-26(32)33/h1-3,5,7-9,11-12,15-16,27H,4,6,10,13-14,17H2,(H,32,33). The lowest BCUT2D eigenvalue weighted by atomic mass is 9.87. The lowest BCUT2D eigenvalue weighted by molar-refractivity contribution is -0.139. The van der Waals surface area contributed by atoms with Gasteiger partial charge in [0, 0.05) is 28.6 Å². The Labute approximate surface area is 208 Å². The average molecular weight is 498 g/mol. The number of amides is 1. The Morgan fingerprint density at radius 3 is 2.56 bits per heavy atom. The van der Waals surface area contributed by atoms with Crippen LogP contribution in [0.3, 0.4) is 0 Å². The highest BCUT2D eigenvalue weighted by atomic mass is 35.5. The second kappa shape index (κ2) is 10.9. The number of halogens is 2. The van der Waals surface area contributed by atoms with Crippen molar-refractivity contribution in [2.75, 3.05) is 13.2 Å². The fourth-order valence-corrected chi connectivity index (χ4v) is 4.85. The molecule has 34 heavy (non-hydrogen) atoms. The number of hydrogen-bond acceptors (Lipinski definition) is 3. The zero-order chi connectivity index (χ0) is 24.1. The Kier molecular flexibility index (Phi) is 7.76. The molecular formula is C27H25Cl2NO4. The van der Waals surface area contributed by atoms with Crippen molar-refractivity contribution in [3.05, 3.63) is 99.0 Å². The van der Waals surface area contributed by atoms with Crippen molar-refractivity contribution in [2.24, 2.45) is 0 Å². The molecule has 0 bridgehead atoms. The number of rotatable bonds is 8. The smallest absolute Gasteiger partial charge is 0.341 e. The molecule has 3 aromatic rings. The minimum absolute atomic E-state index is 0.0330. The zero-order valence-corrected chi connectivity index (χ0v) is 20.1. The Morgan fingerprint density at radius 1 is 0.971 bits per heavy atom. The lowest BCUT2D eigenvalue weighted by Gasteiger charge is -2.38. The molecule has 0 fully saturated rings. The molecule has 0 aromatic heterocycles. The van der Waals surface area contributed by atoms with Crippen LogP contribution in [-0.4, -0.2) is 35.0 Å². The summed E-state index contributed by atoms with van der Waals surface area (Å²) in [7, 11) is 0. The van der Waals surface area contributed by atoms with E-state index in [0.717, 1.165) is 29.5 Å². The minimum Gasteiger partial charge on any atom is -0.482 e. The van der Waals surface area contributed by atoms with Gasteiger partial charge in [0.15, 0.2) is 6.61 Å². The molecular weight excluding hydrogens is 473 g/mol. The van der Waals surface area contributed by atoms with E-state index >= 15 is 0 Å². The number of carboxylic acid groups (broad SMARTS) is 1. The molecule has 1 aliphatic heterocycles. The number of carboxylic acids is 1. The van der Waals surface area contributed by atoms with Crippen LogP contribution < -0.4 is 4.74 Å². The number of fused-ring (bicyclic) bond motifs is 1. The van der Waals surface area contributed by atoms with Crippen molar-refractivity contribution < 1.29 is 19.4 Å². The van der Waals surface area contributed by atoms with Gasteiger partial charge >= 0.3 is 5.97 Å². The largest absolute Gasteiger partial charge is 0.482 e. The van der Waals surface area contributed by atoms with E-state index in [0.29, 0.717) is 40.7 Å². The van der Waals surface area contributed by atoms with Crippen LogP contribution in [0.5, 0.6) is 5.75 Å². The van der Waals surface area contributed by atoms with Crippen molar-refractivity contribution in [1.29, 1.82) is 0 Å². The maximum Gasteiger partial charge on any atom is 0.341 e. The Bertz CT molecular complexity index is 1200. The summed E-state index contributed by atoms with van der Waals surface area (Å²) in [6.45, 7) is 0.0825. The summed E-state index contributed by atoms with van der Waals surface area (Å²) in [6, 6.07) is 20.4. The van der Waals surface area contributed by atoms with Gasteiger partial charge in [-0.05, 0) is 66.3 Å². The topological polar surface area (TPSA) is 66.8 Å². The molecule has 0 saturated heterocycles. The predicted molar refractivity (Wildman–Crippen MR) is 133 cm³/mol. The monoisotopic (exact) mass is 497 g/mol. The van der Waals surface area contributed by atoms with Crippen LogP contribution in [0.4, 0.5) is 0 Å². The van der Waals surface area contributed by atoms with E-state index in [2.05, 4.69) is 6.07 Å². The normalized spacial score (nSPS) is 15.0. The third-order valence-corrected chi connectivity index (χ3v) is 6.44. The van der Waals surface area contributed by atoms with Gasteiger partial charge < -0.3 is 14.7 Å². The minimum atomic E-state index is -1.07. The van der Waals surface area contributed by atoms with Crippen molar-refractivity contribution >= 4 is 35.1 Å². The first-order valence-corrected chi connectivity index (χ1v) is 11.9. The number of nitrogens with zero attached hydrogens (tertiary/aromatic N) is 1. The van der Waals surface area contributed by atoms with E-state index in [1.165, 1.54) is 0 Å². The third-order valence-electron chi connectivity index (χ3n) is 5.97. The molecule has 3 aromatic carbocycles. The molecule has 1 amide bonds. The molecule has 4 rings (SSSR count). The molecule has 7 heteroatoms. The SMILES string of the molecule is O=C(O)COc1ccc(Cl)cc1C1c2ccccc2CCN1C(=O)CCCc1cccc(Cl)c1. The van der Waals surface area contributed by atoms with Gasteiger partial charge in [-0.2, -0.15) is 0 Å². The maximum atomic E-state index is 13.4. The van der Waals surface area contributed by atoms with Crippen molar-refractivity contribution in [3.8, 4) is 5.75 Å². The van der Waals surface area contributed by atoms with Crippen LogP contribution in [0.15, 0.2) is 66.7 Å². The highest BCUT2D eigenvalue weighted by Gasteiger charge is 2.33. The Morgan fingerprint density at radius 2 is 1.76 bits per heavy atom. The first kappa shape index (κ1) is 24.1. The molecule has 1 N–H and O–H groups in total. The first-order valence-electron chi connectivity index (χ1n) is 11.2. The molecule has 0 radical (unpaired) electrons. The molecule has 5 nitrogen and oxygen atoms in total.